The molecule has 278 valence electrons. The van der Waals surface area contributed by atoms with Gasteiger partial charge in [0.05, 0.1) is 23.7 Å². The third-order valence-corrected chi connectivity index (χ3v) is 10.1. The van der Waals surface area contributed by atoms with Crippen LogP contribution in [0.3, 0.4) is 0 Å². The van der Waals surface area contributed by atoms with Gasteiger partial charge in [0, 0.05) is 75.6 Å². The third-order valence-electron chi connectivity index (χ3n) is 10.1. The first kappa shape index (κ1) is 36.8. The molecule has 54 heavy (non-hydrogen) atoms. The van der Waals surface area contributed by atoms with Gasteiger partial charge in [-0.05, 0) is 51.6 Å². The summed E-state index contributed by atoms with van der Waals surface area (Å²) in [6.45, 7) is 4.94. The molecule has 2 amide bonds. The SMILES string of the molecule is O=C(NCc1ccccc1)NCc1cccc(-c2ccc([C@@H]3O[C@H](CN4CCN(c5ccc([N+](=O)[O-])cc5)CC4)C[C@H](c4ccc(CO)cc4)O3)cc2)c1. The van der Waals surface area contributed by atoms with Gasteiger partial charge < -0.3 is 30.1 Å². The first-order chi connectivity index (χ1) is 26.4. The molecule has 11 heteroatoms. The number of nitrogens with zero attached hydrogens (tertiary/aromatic N) is 3. The average molecular weight is 728 g/mol. The number of nitro groups is 1. The van der Waals surface area contributed by atoms with E-state index in [1.54, 1.807) is 12.1 Å². The lowest BCUT2D eigenvalue weighted by Crippen LogP contribution is -2.49. The summed E-state index contributed by atoms with van der Waals surface area (Å²) in [6.07, 6.45) is -0.130. The number of piperazine rings is 1. The minimum Gasteiger partial charge on any atom is -0.392 e. The Morgan fingerprint density at radius 1 is 0.722 bits per heavy atom. The summed E-state index contributed by atoms with van der Waals surface area (Å²) in [6, 6.07) is 40.7. The Hall–Kier alpha value is -5.59. The maximum absolute atomic E-state index is 12.4. The average Bonchev–Trinajstić information content (AvgIpc) is 3.23. The standard InChI is InChI=1S/C43H45N5O6/c49-30-32-9-11-35(12-10-32)41-26-40(29-46-21-23-47(24-22-46)38-17-19-39(20-18-38)48(51)52)53-42(54-41)36-15-13-34(14-16-36)37-8-4-7-33(25-37)28-45-43(50)44-27-31-5-2-1-3-6-31/h1-20,25,40-42,49H,21-24,26-30H2,(H2,44,45,50)/t40-,41+,42+/m0/s1. The van der Waals surface area contributed by atoms with E-state index in [9.17, 15) is 20.0 Å². The molecule has 2 aliphatic heterocycles. The Labute approximate surface area is 315 Å². The quantitative estimate of drug-likeness (QED) is 0.0916. The van der Waals surface area contributed by atoms with Crippen molar-refractivity contribution in [1.29, 1.82) is 0 Å². The molecule has 5 aromatic rings. The number of amides is 2. The van der Waals surface area contributed by atoms with Crippen LogP contribution in [-0.2, 0) is 29.2 Å². The van der Waals surface area contributed by atoms with Crippen LogP contribution < -0.4 is 15.5 Å². The molecule has 2 saturated heterocycles. The number of nitro benzene ring substituents is 1. The fourth-order valence-electron chi connectivity index (χ4n) is 7.01. The molecule has 0 unspecified atom stereocenters. The molecule has 3 N–H and O–H groups in total. The highest BCUT2D eigenvalue weighted by atomic mass is 16.7. The van der Waals surface area contributed by atoms with Crippen molar-refractivity contribution < 1.29 is 24.3 Å². The Bertz CT molecular complexity index is 1980. The summed E-state index contributed by atoms with van der Waals surface area (Å²) in [4.78, 5) is 27.8. The van der Waals surface area contributed by atoms with Gasteiger partial charge in [0.1, 0.15) is 0 Å². The van der Waals surface area contributed by atoms with E-state index in [2.05, 4.69) is 56.8 Å². The Balaban J connectivity index is 0.988. The predicted octanol–water partition coefficient (Wildman–Crippen LogP) is 7.12. The van der Waals surface area contributed by atoms with Crippen LogP contribution in [0.5, 0.6) is 0 Å². The number of aliphatic hydroxyl groups excluding tert-OH is 1. The van der Waals surface area contributed by atoms with Crippen molar-refractivity contribution in [3.05, 3.63) is 165 Å². The second kappa shape index (κ2) is 17.5. The van der Waals surface area contributed by atoms with Crippen molar-refractivity contribution in [2.45, 2.75) is 44.6 Å². The number of carbonyl (C=O) groups excluding carboxylic acids is 1. The molecule has 2 fully saturated rings. The number of aliphatic hydroxyl groups is 1. The number of benzene rings is 5. The topological polar surface area (TPSA) is 129 Å². The van der Waals surface area contributed by atoms with Crippen LogP contribution >= 0.6 is 0 Å². The number of carbonyl (C=O) groups is 1. The molecule has 0 aromatic heterocycles. The van der Waals surface area contributed by atoms with Crippen molar-refractivity contribution in [2.24, 2.45) is 0 Å². The molecule has 2 aliphatic rings. The Kier molecular flexibility index (Phi) is 11.9. The van der Waals surface area contributed by atoms with Crippen molar-refractivity contribution in [3.63, 3.8) is 0 Å². The maximum atomic E-state index is 12.4. The van der Waals surface area contributed by atoms with E-state index in [1.165, 1.54) is 0 Å². The summed E-state index contributed by atoms with van der Waals surface area (Å²) < 4.78 is 13.3. The second-order valence-corrected chi connectivity index (χ2v) is 13.8. The lowest BCUT2D eigenvalue weighted by molar-refractivity contribution is -0.384. The van der Waals surface area contributed by atoms with Gasteiger partial charge in [-0.1, -0.05) is 97.1 Å². The number of anilines is 1. The van der Waals surface area contributed by atoms with Crippen molar-refractivity contribution in [2.75, 3.05) is 37.6 Å². The molecular weight excluding hydrogens is 683 g/mol. The monoisotopic (exact) mass is 727 g/mol. The molecule has 0 bridgehead atoms. The van der Waals surface area contributed by atoms with Gasteiger partial charge in [-0.25, -0.2) is 4.79 Å². The molecule has 3 atom stereocenters. The van der Waals surface area contributed by atoms with E-state index in [1.807, 2.05) is 78.9 Å². The largest absolute Gasteiger partial charge is 0.392 e. The lowest BCUT2D eigenvalue weighted by Gasteiger charge is -2.41. The Morgan fingerprint density at radius 2 is 1.39 bits per heavy atom. The summed E-state index contributed by atoms with van der Waals surface area (Å²) in [7, 11) is 0. The number of hydrogen-bond acceptors (Lipinski definition) is 8. The fourth-order valence-corrected chi connectivity index (χ4v) is 7.01. The molecule has 0 radical (unpaired) electrons. The number of non-ortho nitro benzene ring substituents is 1. The zero-order valence-electron chi connectivity index (χ0n) is 30.1. The normalized spacial score (nSPS) is 18.9. The number of hydrogen-bond donors (Lipinski definition) is 3. The van der Waals surface area contributed by atoms with Gasteiger partial charge in [0.15, 0.2) is 6.29 Å². The number of ether oxygens (including phenoxy) is 2. The zero-order valence-corrected chi connectivity index (χ0v) is 30.1. The maximum Gasteiger partial charge on any atom is 0.315 e. The minimum atomic E-state index is -0.563. The van der Waals surface area contributed by atoms with Gasteiger partial charge in [0.25, 0.3) is 5.69 Å². The molecule has 11 nitrogen and oxygen atoms in total. The molecule has 5 aromatic carbocycles. The third kappa shape index (κ3) is 9.49. The predicted molar refractivity (Wildman–Crippen MR) is 208 cm³/mol. The Morgan fingerprint density at radius 3 is 2.07 bits per heavy atom. The molecule has 0 saturated carbocycles. The van der Waals surface area contributed by atoms with Crippen LogP contribution in [-0.4, -0.2) is 59.8 Å². The zero-order chi connectivity index (χ0) is 37.3. The van der Waals surface area contributed by atoms with Crippen LogP contribution in [0.4, 0.5) is 16.2 Å². The van der Waals surface area contributed by atoms with Crippen molar-refractivity contribution in [3.8, 4) is 11.1 Å². The van der Waals surface area contributed by atoms with E-state index < -0.39 is 6.29 Å². The van der Waals surface area contributed by atoms with Crippen molar-refractivity contribution >= 4 is 17.4 Å². The molecule has 7 rings (SSSR count). The number of urea groups is 1. The highest BCUT2D eigenvalue weighted by molar-refractivity contribution is 5.74. The second-order valence-electron chi connectivity index (χ2n) is 13.8. The highest BCUT2D eigenvalue weighted by Gasteiger charge is 2.34. The molecular formula is C43H45N5O6. The van der Waals surface area contributed by atoms with Crippen LogP contribution in [0.25, 0.3) is 11.1 Å². The molecule has 0 spiro atoms. The first-order valence-electron chi connectivity index (χ1n) is 18.4. The van der Waals surface area contributed by atoms with E-state index in [-0.39, 0.29) is 35.5 Å². The minimum absolute atomic E-state index is 0.0120. The fraction of sp³-hybridized carbons (Fsp3) is 0.279. The van der Waals surface area contributed by atoms with Crippen molar-refractivity contribution in [1.82, 2.24) is 15.5 Å². The molecule has 0 aliphatic carbocycles. The number of rotatable bonds is 12. The van der Waals surface area contributed by atoms with E-state index in [0.29, 0.717) is 19.5 Å². The van der Waals surface area contributed by atoms with Gasteiger partial charge in [-0.3, -0.25) is 15.0 Å². The molecule has 2 heterocycles. The number of nitrogens with one attached hydrogen (secondary N) is 2. The van der Waals surface area contributed by atoms with Crippen LogP contribution in [0.2, 0.25) is 0 Å². The van der Waals surface area contributed by atoms with Crippen LogP contribution in [0.1, 0.15) is 46.6 Å². The first-order valence-corrected chi connectivity index (χ1v) is 18.4. The summed E-state index contributed by atoms with van der Waals surface area (Å²) in [5.74, 6) is 0. The lowest BCUT2D eigenvalue weighted by atomic mass is 9.98. The van der Waals surface area contributed by atoms with Gasteiger partial charge in [0.2, 0.25) is 0 Å². The van der Waals surface area contributed by atoms with E-state index >= 15 is 0 Å². The van der Waals surface area contributed by atoms with Gasteiger partial charge in [-0.2, -0.15) is 0 Å². The van der Waals surface area contributed by atoms with Crippen LogP contribution in [0, 0.1) is 10.1 Å². The summed E-state index contributed by atoms with van der Waals surface area (Å²) in [5.41, 5.74) is 8.04. The van der Waals surface area contributed by atoms with Crippen LogP contribution in [0.15, 0.2) is 127 Å². The van der Waals surface area contributed by atoms with E-state index in [0.717, 1.165) is 77.4 Å². The van der Waals surface area contributed by atoms with E-state index in [4.69, 9.17) is 9.47 Å². The highest BCUT2D eigenvalue weighted by Crippen LogP contribution is 2.39. The van der Waals surface area contributed by atoms with Gasteiger partial charge in [-0.15, -0.1) is 0 Å². The summed E-state index contributed by atoms with van der Waals surface area (Å²) in [5, 5.41) is 26.5. The smallest absolute Gasteiger partial charge is 0.315 e. The summed E-state index contributed by atoms with van der Waals surface area (Å²) >= 11 is 0. The van der Waals surface area contributed by atoms with Gasteiger partial charge >= 0.3 is 6.03 Å².